The van der Waals surface area contributed by atoms with Crippen LogP contribution in [0.4, 0.5) is 26.3 Å². The molecule has 0 rings (SSSR count). The maximum Gasteiger partial charge on any atom is 0.414 e. The molecule has 0 saturated carbocycles. The highest BCUT2D eigenvalue weighted by Gasteiger charge is 2.41. The standard InChI is InChI=1S/C9H14F6O2/c1-3-6(8(10,11)12)16-5-17-7(4-2)9(13,14)15/h6-7H,3-5H2,1-2H3. The van der Waals surface area contributed by atoms with Crippen LogP contribution < -0.4 is 0 Å². The Morgan fingerprint density at radius 1 is 0.765 bits per heavy atom. The molecular weight excluding hydrogens is 254 g/mol. The summed E-state index contributed by atoms with van der Waals surface area (Å²) in [6.07, 6.45) is -14.2. The molecule has 2 atom stereocenters. The number of alkyl halides is 6. The zero-order chi connectivity index (χ0) is 13.7. The lowest BCUT2D eigenvalue weighted by molar-refractivity contribution is -0.278. The second-order valence-corrected chi connectivity index (χ2v) is 3.33. The first kappa shape index (κ1) is 16.5. The minimum Gasteiger partial charge on any atom is -0.343 e. The molecule has 0 aliphatic heterocycles. The van der Waals surface area contributed by atoms with E-state index in [1.54, 1.807) is 0 Å². The molecule has 0 bridgehead atoms. The predicted octanol–water partition coefficient (Wildman–Crippen LogP) is 3.66. The van der Waals surface area contributed by atoms with Crippen molar-refractivity contribution in [2.45, 2.75) is 51.2 Å². The fourth-order valence-corrected chi connectivity index (χ4v) is 1.09. The summed E-state index contributed by atoms with van der Waals surface area (Å²) in [5.41, 5.74) is 0. The van der Waals surface area contributed by atoms with Crippen LogP contribution in [0.2, 0.25) is 0 Å². The van der Waals surface area contributed by atoms with Gasteiger partial charge in [-0.3, -0.25) is 0 Å². The molecule has 0 saturated heterocycles. The van der Waals surface area contributed by atoms with Crippen LogP contribution in [0.1, 0.15) is 26.7 Å². The molecule has 0 N–H and O–H groups in total. The van der Waals surface area contributed by atoms with E-state index in [-0.39, 0.29) is 12.8 Å². The van der Waals surface area contributed by atoms with Gasteiger partial charge in [0.2, 0.25) is 0 Å². The van der Waals surface area contributed by atoms with E-state index in [0.29, 0.717) is 0 Å². The van der Waals surface area contributed by atoms with Gasteiger partial charge in [0.1, 0.15) is 6.79 Å². The molecule has 0 amide bonds. The molecule has 2 unspecified atom stereocenters. The van der Waals surface area contributed by atoms with Gasteiger partial charge in [-0.25, -0.2) is 0 Å². The molecular formula is C9H14F6O2. The van der Waals surface area contributed by atoms with E-state index in [1.807, 2.05) is 0 Å². The Bertz CT molecular complexity index is 191. The van der Waals surface area contributed by atoms with Gasteiger partial charge >= 0.3 is 12.4 Å². The first-order valence-electron chi connectivity index (χ1n) is 4.99. The summed E-state index contributed by atoms with van der Waals surface area (Å²) in [6.45, 7) is 1.41. The summed E-state index contributed by atoms with van der Waals surface area (Å²) < 4.78 is 81.4. The fourth-order valence-electron chi connectivity index (χ4n) is 1.09. The number of rotatable bonds is 6. The molecule has 0 aromatic heterocycles. The molecule has 2 nitrogen and oxygen atoms in total. The van der Waals surface area contributed by atoms with Crippen molar-refractivity contribution >= 4 is 0 Å². The maximum atomic E-state index is 12.2. The molecule has 8 heteroatoms. The van der Waals surface area contributed by atoms with Gasteiger partial charge in [-0.1, -0.05) is 13.8 Å². The van der Waals surface area contributed by atoms with Crippen molar-refractivity contribution in [3.05, 3.63) is 0 Å². The average molecular weight is 268 g/mol. The Kier molecular flexibility index (Phi) is 6.25. The minimum atomic E-state index is -4.60. The number of hydrogen-bond acceptors (Lipinski definition) is 2. The second-order valence-electron chi connectivity index (χ2n) is 3.33. The summed E-state index contributed by atoms with van der Waals surface area (Å²) in [5, 5.41) is 0. The van der Waals surface area contributed by atoms with Gasteiger partial charge in [-0.05, 0) is 12.8 Å². The first-order chi connectivity index (χ1) is 7.62. The van der Waals surface area contributed by atoms with Gasteiger partial charge in [0.25, 0.3) is 0 Å². The van der Waals surface area contributed by atoms with E-state index in [9.17, 15) is 26.3 Å². The maximum absolute atomic E-state index is 12.2. The molecule has 0 aliphatic carbocycles. The van der Waals surface area contributed by atoms with E-state index in [2.05, 4.69) is 9.47 Å². The molecule has 0 spiro atoms. The van der Waals surface area contributed by atoms with Crippen molar-refractivity contribution in [3.8, 4) is 0 Å². The summed E-state index contributed by atoms with van der Waals surface area (Å²) in [7, 11) is 0. The van der Waals surface area contributed by atoms with E-state index in [0.717, 1.165) is 0 Å². The van der Waals surface area contributed by atoms with Crippen molar-refractivity contribution in [2.24, 2.45) is 0 Å². The highest BCUT2D eigenvalue weighted by Crippen LogP contribution is 2.27. The Labute approximate surface area is 94.9 Å². The Balaban J connectivity index is 4.13. The first-order valence-corrected chi connectivity index (χ1v) is 4.99. The van der Waals surface area contributed by atoms with Crippen LogP contribution in [0.25, 0.3) is 0 Å². The van der Waals surface area contributed by atoms with Crippen molar-refractivity contribution in [3.63, 3.8) is 0 Å². The van der Waals surface area contributed by atoms with Gasteiger partial charge in [0.05, 0.1) is 0 Å². The van der Waals surface area contributed by atoms with Crippen LogP contribution in [0.5, 0.6) is 0 Å². The highest BCUT2D eigenvalue weighted by molar-refractivity contribution is 4.66. The van der Waals surface area contributed by atoms with Gasteiger partial charge < -0.3 is 9.47 Å². The topological polar surface area (TPSA) is 18.5 Å². The van der Waals surface area contributed by atoms with E-state index >= 15 is 0 Å². The fraction of sp³-hybridized carbons (Fsp3) is 1.00. The molecule has 0 aromatic carbocycles. The van der Waals surface area contributed by atoms with E-state index in [4.69, 9.17) is 0 Å². The summed E-state index contributed by atoms with van der Waals surface area (Å²) in [4.78, 5) is 0. The van der Waals surface area contributed by atoms with Crippen molar-refractivity contribution in [2.75, 3.05) is 6.79 Å². The van der Waals surface area contributed by atoms with Crippen LogP contribution in [-0.2, 0) is 9.47 Å². The van der Waals surface area contributed by atoms with Gasteiger partial charge in [0, 0.05) is 0 Å². The van der Waals surface area contributed by atoms with Crippen LogP contribution in [0, 0.1) is 0 Å². The third kappa shape index (κ3) is 6.11. The normalized spacial score (nSPS) is 16.9. The molecule has 0 radical (unpaired) electrons. The van der Waals surface area contributed by atoms with E-state index in [1.165, 1.54) is 13.8 Å². The summed E-state index contributed by atoms with van der Waals surface area (Å²) in [6, 6.07) is 0. The predicted molar refractivity (Wildman–Crippen MR) is 47.3 cm³/mol. The Morgan fingerprint density at radius 3 is 1.24 bits per heavy atom. The Hall–Kier alpha value is -0.500. The number of halogens is 6. The van der Waals surface area contributed by atoms with Crippen molar-refractivity contribution in [1.82, 2.24) is 0 Å². The van der Waals surface area contributed by atoms with Gasteiger partial charge in [-0.15, -0.1) is 0 Å². The van der Waals surface area contributed by atoms with Gasteiger partial charge in [0.15, 0.2) is 12.2 Å². The lowest BCUT2D eigenvalue weighted by Crippen LogP contribution is -2.35. The SMILES string of the molecule is CCC(OCOC(CC)C(F)(F)F)C(F)(F)F. The summed E-state index contributed by atoms with van der Waals surface area (Å²) in [5.74, 6) is 0. The van der Waals surface area contributed by atoms with Gasteiger partial charge in [-0.2, -0.15) is 26.3 Å². The quantitative estimate of drug-likeness (QED) is 0.540. The lowest BCUT2D eigenvalue weighted by atomic mass is 10.3. The van der Waals surface area contributed by atoms with Crippen molar-refractivity contribution < 1.29 is 35.8 Å². The zero-order valence-electron chi connectivity index (χ0n) is 9.36. The molecule has 104 valence electrons. The number of ether oxygens (including phenoxy) is 2. The monoisotopic (exact) mass is 268 g/mol. The molecule has 17 heavy (non-hydrogen) atoms. The van der Waals surface area contributed by atoms with Crippen LogP contribution >= 0.6 is 0 Å². The third-order valence-electron chi connectivity index (χ3n) is 2.01. The Morgan fingerprint density at radius 2 is 1.06 bits per heavy atom. The summed E-state index contributed by atoms with van der Waals surface area (Å²) >= 11 is 0. The smallest absolute Gasteiger partial charge is 0.343 e. The van der Waals surface area contributed by atoms with Crippen LogP contribution in [0.15, 0.2) is 0 Å². The third-order valence-corrected chi connectivity index (χ3v) is 2.01. The highest BCUT2D eigenvalue weighted by atomic mass is 19.4. The second kappa shape index (κ2) is 6.44. The zero-order valence-corrected chi connectivity index (χ0v) is 9.36. The lowest BCUT2D eigenvalue weighted by Gasteiger charge is -2.22. The van der Waals surface area contributed by atoms with Crippen molar-refractivity contribution in [1.29, 1.82) is 0 Å². The van der Waals surface area contributed by atoms with E-state index < -0.39 is 31.4 Å². The molecule has 0 aliphatic rings. The largest absolute Gasteiger partial charge is 0.414 e. The molecule has 0 heterocycles. The van der Waals surface area contributed by atoms with Crippen LogP contribution in [-0.4, -0.2) is 31.4 Å². The average Bonchev–Trinajstić information content (AvgIpc) is 2.13. The molecule has 0 aromatic rings. The van der Waals surface area contributed by atoms with Crippen LogP contribution in [0.3, 0.4) is 0 Å². The number of hydrogen-bond donors (Lipinski definition) is 0. The molecule has 0 fully saturated rings. The minimum absolute atomic E-state index is 0.379.